The fourth-order valence-corrected chi connectivity index (χ4v) is 2.58. The molecule has 0 radical (unpaired) electrons. The predicted molar refractivity (Wildman–Crippen MR) is 97.7 cm³/mol. The summed E-state index contributed by atoms with van der Waals surface area (Å²) in [6.45, 7) is 8.03. The molecule has 1 amide bonds. The molecular formula is C21H22F3NO. The highest BCUT2D eigenvalue weighted by molar-refractivity contribution is 5.95. The summed E-state index contributed by atoms with van der Waals surface area (Å²) >= 11 is 0. The van der Waals surface area contributed by atoms with E-state index in [0.717, 1.165) is 34.4 Å². The van der Waals surface area contributed by atoms with Crippen LogP contribution >= 0.6 is 0 Å². The molecule has 2 aromatic rings. The molecule has 2 rings (SSSR count). The first-order chi connectivity index (χ1) is 12.1. The zero-order valence-electron chi connectivity index (χ0n) is 15.3. The standard InChI is InChI=1S/C21H22F3NO/c1-13(2)15(4)19-11-17(9-8-14(19)3)20(26)25-12-16-6-5-7-18(10-16)21(22,23)24/h5-11H,12H2,1-4H3,(H,25,26). The van der Waals surface area contributed by atoms with Gasteiger partial charge in [0, 0.05) is 12.1 Å². The van der Waals surface area contributed by atoms with Crippen molar-refractivity contribution < 1.29 is 18.0 Å². The van der Waals surface area contributed by atoms with E-state index in [9.17, 15) is 18.0 Å². The second-order valence-corrected chi connectivity index (χ2v) is 6.54. The first-order valence-corrected chi connectivity index (χ1v) is 8.29. The molecule has 0 atom stereocenters. The van der Waals surface area contributed by atoms with Crippen molar-refractivity contribution in [1.29, 1.82) is 0 Å². The van der Waals surface area contributed by atoms with Crippen molar-refractivity contribution in [2.24, 2.45) is 0 Å². The number of alkyl halides is 3. The van der Waals surface area contributed by atoms with Gasteiger partial charge in [-0.15, -0.1) is 0 Å². The number of rotatable bonds is 4. The first kappa shape index (κ1) is 19.8. The maximum atomic E-state index is 12.8. The Kier molecular flexibility index (Phi) is 5.90. The fourth-order valence-electron chi connectivity index (χ4n) is 2.58. The van der Waals surface area contributed by atoms with E-state index in [1.165, 1.54) is 6.07 Å². The van der Waals surface area contributed by atoms with Crippen molar-refractivity contribution in [1.82, 2.24) is 5.32 Å². The Hall–Kier alpha value is -2.56. The van der Waals surface area contributed by atoms with Crippen LogP contribution in [0.4, 0.5) is 13.2 Å². The number of halogens is 3. The number of allylic oxidation sites excluding steroid dienone is 2. The van der Waals surface area contributed by atoms with E-state index in [-0.39, 0.29) is 12.5 Å². The largest absolute Gasteiger partial charge is 0.416 e. The summed E-state index contributed by atoms with van der Waals surface area (Å²) in [7, 11) is 0. The molecule has 0 bridgehead atoms. The van der Waals surface area contributed by atoms with Gasteiger partial charge >= 0.3 is 6.18 Å². The van der Waals surface area contributed by atoms with Crippen LogP contribution in [0.15, 0.2) is 48.0 Å². The van der Waals surface area contributed by atoms with Crippen molar-refractivity contribution in [2.75, 3.05) is 0 Å². The molecule has 0 aliphatic rings. The lowest BCUT2D eigenvalue weighted by Gasteiger charge is -2.12. The second kappa shape index (κ2) is 7.77. The molecule has 0 saturated carbocycles. The highest BCUT2D eigenvalue weighted by atomic mass is 19.4. The quantitative estimate of drug-likeness (QED) is 0.737. The van der Waals surface area contributed by atoms with Crippen LogP contribution in [-0.2, 0) is 12.7 Å². The Morgan fingerprint density at radius 2 is 1.73 bits per heavy atom. The van der Waals surface area contributed by atoms with Crippen LogP contribution in [-0.4, -0.2) is 5.91 Å². The van der Waals surface area contributed by atoms with Gasteiger partial charge in [0.15, 0.2) is 0 Å². The Labute approximate surface area is 151 Å². The van der Waals surface area contributed by atoms with Crippen molar-refractivity contribution in [3.63, 3.8) is 0 Å². The smallest absolute Gasteiger partial charge is 0.348 e. The lowest BCUT2D eigenvalue weighted by atomic mass is 9.96. The van der Waals surface area contributed by atoms with Crippen LogP contribution in [0.5, 0.6) is 0 Å². The zero-order chi connectivity index (χ0) is 19.5. The molecule has 2 nitrogen and oxygen atoms in total. The van der Waals surface area contributed by atoms with Crippen molar-refractivity contribution >= 4 is 11.5 Å². The third-order valence-corrected chi connectivity index (χ3v) is 4.36. The third kappa shape index (κ3) is 4.75. The van der Waals surface area contributed by atoms with Gasteiger partial charge in [0.25, 0.3) is 5.91 Å². The van der Waals surface area contributed by atoms with Crippen LogP contribution in [0, 0.1) is 6.92 Å². The summed E-state index contributed by atoms with van der Waals surface area (Å²) in [6.07, 6.45) is -4.40. The van der Waals surface area contributed by atoms with E-state index in [0.29, 0.717) is 11.1 Å². The van der Waals surface area contributed by atoms with Gasteiger partial charge in [0.05, 0.1) is 5.56 Å². The van der Waals surface area contributed by atoms with Gasteiger partial charge in [-0.2, -0.15) is 13.2 Å². The molecule has 0 heterocycles. The average Bonchev–Trinajstić information content (AvgIpc) is 2.59. The van der Waals surface area contributed by atoms with E-state index < -0.39 is 11.7 Å². The molecule has 0 aliphatic carbocycles. The molecule has 0 saturated heterocycles. The summed E-state index contributed by atoms with van der Waals surface area (Å²) in [6, 6.07) is 10.4. The Morgan fingerprint density at radius 1 is 1.04 bits per heavy atom. The summed E-state index contributed by atoms with van der Waals surface area (Å²) in [5.74, 6) is -0.315. The molecule has 0 aliphatic heterocycles. The molecule has 26 heavy (non-hydrogen) atoms. The van der Waals surface area contributed by atoms with Gasteiger partial charge in [0.1, 0.15) is 0 Å². The minimum absolute atomic E-state index is 0.0353. The minimum atomic E-state index is -4.40. The molecule has 1 N–H and O–H groups in total. The van der Waals surface area contributed by atoms with Crippen LogP contribution in [0.3, 0.4) is 0 Å². The molecule has 0 unspecified atom stereocenters. The van der Waals surface area contributed by atoms with Crippen molar-refractivity contribution in [2.45, 2.75) is 40.4 Å². The van der Waals surface area contributed by atoms with Crippen LogP contribution in [0.2, 0.25) is 0 Å². The second-order valence-electron chi connectivity index (χ2n) is 6.54. The Balaban J connectivity index is 2.17. The number of hydrogen-bond acceptors (Lipinski definition) is 1. The normalized spacial score (nSPS) is 11.2. The number of carbonyl (C=O) groups is 1. The summed E-state index contributed by atoms with van der Waals surface area (Å²) in [5, 5.41) is 2.69. The maximum absolute atomic E-state index is 12.8. The van der Waals surface area contributed by atoms with Crippen LogP contribution in [0.1, 0.15) is 53.4 Å². The monoisotopic (exact) mass is 361 g/mol. The maximum Gasteiger partial charge on any atom is 0.416 e. The van der Waals surface area contributed by atoms with Gasteiger partial charge in [-0.05, 0) is 74.2 Å². The zero-order valence-corrected chi connectivity index (χ0v) is 15.3. The number of hydrogen-bond donors (Lipinski definition) is 1. The number of carbonyl (C=O) groups excluding carboxylic acids is 1. The highest BCUT2D eigenvalue weighted by Gasteiger charge is 2.30. The van der Waals surface area contributed by atoms with E-state index in [1.54, 1.807) is 12.1 Å². The summed E-state index contributed by atoms with van der Waals surface area (Å²) < 4.78 is 38.3. The minimum Gasteiger partial charge on any atom is -0.348 e. The molecule has 2 aromatic carbocycles. The van der Waals surface area contributed by atoms with Crippen molar-refractivity contribution in [3.8, 4) is 0 Å². The number of nitrogens with one attached hydrogen (secondary N) is 1. The lowest BCUT2D eigenvalue weighted by molar-refractivity contribution is -0.137. The third-order valence-electron chi connectivity index (χ3n) is 4.36. The number of benzene rings is 2. The Bertz CT molecular complexity index is 847. The first-order valence-electron chi connectivity index (χ1n) is 8.29. The summed E-state index contributed by atoms with van der Waals surface area (Å²) in [4.78, 5) is 12.4. The van der Waals surface area contributed by atoms with Gasteiger partial charge in [0.2, 0.25) is 0 Å². The van der Waals surface area contributed by atoms with E-state index in [4.69, 9.17) is 0 Å². The molecule has 0 fully saturated rings. The average molecular weight is 361 g/mol. The highest BCUT2D eigenvalue weighted by Crippen LogP contribution is 2.29. The van der Waals surface area contributed by atoms with E-state index in [1.807, 2.05) is 39.8 Å². The van der Waals surface area contributed by atoms with E-state index in [2.05, 4.69) is 5.32 Å². The van der Waals surface area contributed by atoms with E-state index >= 15 is 0 Å². The lowest BCUT2D eigenvalue weighted by Crippen LogP contribution is -2.23. The van der Waals surface area contributed by atoms with Gasteiger partial charge < -0.3 is 5.32 Å². The number of aryl methyl sites for hydroxylation is 1. The molecular weight excluding hydrogens is 339 g/mol. The van der Waals surface area contributed by atoms with Crippen molar-refractivity contribution in [3.05, 3.63) is 75.9 Å². The van der Waals surface area contributed by atoms with Crippen LogP contribution < -0.4 is 5.32 Å². The predicted octanol–water partition coefficient (Wildman–Crippen LogP) is 5.76. The van der Waals surface area contributed by atoms with Gasteiger partial charge in [-0.3, -0.25) is 4.79 Å². The SMILES string of the molecule is CC(C)=C(C)c1cc(C(=O)NCc2cccc(C(F)(F)F)c2)ccc1C. The Morgan fingerprint density at radius 3 is 2.35 bits per heavy atom. The number of amides is 1. The topological polar surface area (TPSA) is 29.1 Å². The molecule has 0 spiro atoms. The molecule has 5 heteroatoms. The van der Waals surface area contributed by atoms with Gasteiger partial charge in [-0.1, -0.05) is 23.8 Å². The van der Waals surface area contributed by atoms with Gasteiger partial charge in [-0.25, -0.2) is 0 Å². The summed E-state index contributed by atoms with van der Waals surface area (Å²) in [5.41, 5.74) is 4.50. The van der Waals surface area contributed by atoms with Crippen LogP contribution in [0.25, 0.3) is 5.57 Å². The fraction of sp³-hybridized carbons (Fsp3) is 0.286. The molecule has 0 aromatic heterocycles. The molecule has 138 valence electrons.